The average Bonchev–Trinajstić information content (AvgIpc) is 3.72. The fourth-order valence-corrected chi connectivity index (χ4v) is 6.69. The molecule has 338 valence electrons. The van der Waals surface area contributed by atoms with Gasteiger partial charge in [-0.15, -0.1) is 0 Å². The molecule has 0 unspecified atom stereocenters. The van der Waals surface area contributed by atoms with E-state index >= 15 is 0 Å². The lowest BCUT2D eigenvalue weighted by Gasteiger charge is -2.30. The molecule has 7 amide bonds. The monoisotopic (exact) mass is 868 g/mol. The van der Waals surface area contributed by atoms with Gasteiger partial charge >= 0.3 is 11.9 Å². The molecule has 2 aromatic carbocycles. The number of aliphatic hydroxyl groups excluding tert-OH is 1. The Morgan fingerprint density at radius 2 is 1.23 bits per heavy atom. The third kappa shape index (κ3) is 15.8. The van der Waals surface area contributed by atoms with Crippen LogP contribution in [0.15, 0.2) is 54.6 Å². The molecule has 13 N–H and O–H groups in total. The Morgan fingerprint density at radius 1 is 0.710 bits per heavy atom. The molecule has 2 aromatic rings. The Kier molecular flexibility index (Phi) is 19.3. The summed E-state index contributed by atoms with van der Waals surface area (Å²) in [5, 5.41) is 51.2. The molecule has 0 aliphatic carbocycles. The number of aromatic hydroxyl groups is 1. The number of carbonyl (C=O) groups is 9. The number of carbonyl (C=O) groups excluding carboxylic acids is 7. The van der Waals surface area contributed by atoms with Crippen molar-refractivity contribution in [1.29, 1.82) is 0 Å². The fraction of sp³-hybridized carbons (Fsp3) is 0.488. The van der Waals surface area contributed by atoms with E-state index in [2.05, 4.69) is 26.6 Å². The second-order valence-electron chi connectivity index (χ2n) is 15.4. The number of nitrogens with one attached hydrogen (secondary N) is 5. The number of phenols is 1. The van der Waals surface area contributed by atoms with Crippen molar-refractivity contribution < 1.29 is 63.6 Å². The first-order valence-corrected chi connectivity index (χ1v) is 20.0. The number of phenolic OH excluding ortho intramolecular Hbond substituents is 1. The molecule has 1 saturated heterocycles. The summed E-state index contributed by atoms with van der Waals surface area (Å²) in [6, 6.07) is 4.28. The van der Waals surface area contributed by atoms with Gasteiger partial charge in [-0.05, 0) is 54.9 Å². The van der Waals surface area contributed by atoms with Crippen LogP contribution in [0.25, 0.3) is 0 Å². The standard InChI is InChI=1S/C41H56N8O13/c1-22(2)17-27(44-38(58)29(20-34(53)54)46-39(59)31(21-50)48-35(55)26(42)14-15-33(43)52)36(56)45-28(18-24-10-12-25(51)13-11-24)37(57)47-30(19-23-7-4-3-5-8-23)40(60)49-16-6-9-32(49)41(61)62/h3-5,7-8,10-13,22,26-32,50-51H,6,9,14-21,42H2,1-2H3,(H2,43,52)(H,44,58)(H,45,56)(H,46,59)(H,47,57)(H,48,55)(H,53,54)(H,61,62)/t26-,27-,28-,29-,30-,31-,32-/m0/s1. The van der Waals surface area contributed by atoms with Gasteiger partial charge in [-0.2, -0.15) is 0 Å². The summed E-state index contributed by atoms with van der Waals surface area (Å²) in [7, 11) is 0. The highest BCUT2D eigenvalue weighted by Crippen LogP contribution is 2.20. The number of aliphatic carboxylic acids is 2. The molecule has 0 saturated carbocycles. The second-order valence-corrected chi connectivity index (χ2v) is 15.4. The van der Waals surface area contributed by atoms with E-state index in [0.717, 1.165) is 0 Å². The van der Waals surface area contributed by atoms with Crippen LogP contribution in [0.5, 0.6) is 5.75 Å². The Hall–Kier alpha value is -6.61. The second kappa shape index (κ2) is 24.0. The number of primary amides is 1. The lowest BCUT2D eigenvalue weighted by atomic mass is 9.99. The van der Waals surface area contributed by atoms with Gasteiger partial charge in [0.2, 0.25) is 41.4 Å². The minimum atomic E-state index is -1.85. The summed E-state index contributed by atoms with van der Waals surface area (Å²) in [6.07, 6.45) is -1.05. The van der Waals surface area contributed by atoms with Crippen molar-refractivity contribution in [3.05, 3.63) is 65.7 Å². The van der Waals surface area contributed by atoms with Crippen LogP contribution in [-0.4, -0.2) is 134 Å². The van der Waals surface area contributed by atoms with Crippen molar-refractivity contribution in [3.63, 3.8) is 0 Å². The van der Waals surface area contributed by atoms with Gasteiger partial charge in [0.25, 0.3) is 0 Å². The maximum absolute atomic E-state index is 14.2. The molecule has 1 heterocycles. The van der Waals surface area contributed by atoms with E-state index in [1.807, 2.05) is 0 Å². The van der Waals surface area contributed by atoms with Crippen LogP contribution in [0.2, 0.25) is 0 Å². The van der Waals surface area contributed by atoms with Crippen LogP contribution in [0.3, 0.4) is 0 Å². The Labute approximate surface area is 357 Å². The molecule has 1 fully saturated rings. The summed E-state index contributed by atoms with van der Waals surface area (Å²) >= 11 is 0. The maximum Gasteiger partial charge on any atom is 0.326 e. The van der Waals surface area contributed by atoms with E-state index in [4.69, 9.17) is 11.5 Å². The minimum Gasteiger partial charge on any atom is -0.508 e. The van der Waals surface area contributed by atoms with E-state index in [-0.39, 0.29) is 56.7 Å². The van der Waals surface area contributed by atoms with Crippen LogP contribution >= 0.6 is 0 Å². The maximum atomic E-state index is 14.2. The smallest absolute Gasteiger partial charge is 0.326 e. The summed E-state index contributed by atoms with van der Waals surface area (Å²) < 4.78 is 0. The average molecular weight is 869 g/mol. The zero-order valence-corrected chi connectivity index (χ0v) is 34.5. The molecule has 0 bridgehead atoms. The first-order valence-electron chi connectivity index (χ1n) is 20.0. The van der Waals surface area contributed by atoms with Crippen LogP contribution < -0.4 is 38.1 Å². The van der Waals surface area contributed by atoms with Gasteiger partial charge in [-0.3, -0.25) is 38.4 Å². The van der Waals surface area contributed by atoms with Crippen LogP contribution in [0.4, 0.5) is 0 Å². The number of nitrogens with two attached hydrogens (primary N) is 2. The first-order chi connectivity index (χ1) is 29.3. The molecule has 3 rings (SSSR count). The van der Waals surface area contributed by atoms with Gasteiger partial charge in [0.1, 0.15) is 42.0 Å². The van der Waals surface area contributed by atoms with E-state index < -0.39 is 109 Å². The Morgan fingerprint density at radius 3 is 1.81 bits per heavy atom. The Bertz CT molecular complexity index is 1910. The zero-order chi connectivity index (χ0) is 46.1. The number of aliphatic hydroxyl groups is 1. The predicted molar refractivity (Wildman–Crippen MR) is 219 cm³/mol. The van der Waals surface area contributed by atoms with Crippen LogP contribution in [-0.2, 0) is 56.0 Å². The number of likely N-dealkylation sites (tertiary alicyclic amines) is 1. The van der Waals surface area contributed by atoms with E-state index in [9.17, 15) is 63.6 Å². The van der Waals surface area contributed by atoms with Gasteiger partial charge in [-0.1, -0.05) is 56.3 Å². The highest BCUT2D eigenvalue weighted by atomic mass is 16.4. The molecule has 62 heavy (non-hydrogen) atoms. The Balaban J connectivity index is 1.89. The normalized spacial score (nSPS) is 16.4. The number of amides is 7. The molecule has 21 heteroatoms. The van der Waals surface area contributed by atoms with Gasteiger partial charge in [0.05, 0.1) is 19.1 Å². The number of rotatable bonds is 24. The lowest BCUT2D eigenvalue weighted by Crippen LogP contribution is -2.61. The number of hydrogen-bond donors (Lipinski definition) is 11. The topological polar surface area (TPSA) is 350 Å². The highest BCUT2D eigenvalue weighted by molar-refractivity contribution is 5.98. The molecule has 0 radical (unpaired) electrons. The summed E-state index contributed by atoms with van der Waals surface area (Å²) in [6.45, 7) is 2.58. The fourth-order valence-electron chi connectivity index (χ4n) is 6.69. The van der Waals surface area contributed by atoms with Crippen molar-refractivity contribution in [2.75, 3.05) is 13.2 Å². The molecule has 0 spiro atoms. The van der Waals surface area contributed by atoms with E-state index in [1.165, 1.54) is 29.2 Å². The van der Waals surface area contributed by atoms with E-state index in [1.54, 1.807) is 44.2 Å². The molecule has 21 nitrogen and oxygen atoms in total. The molecule has 0 aromatic heterocycles. The van der Waals surface area contributed by atoms with Gasteiger partial charge in [-0.25, -0.2) is 4.79 Å². The molecule has 1 aliphatic heterocycles. The summed E-state index contributed by atoms with van der Waals surface area (Å²) in [5.74, 6) is -9.50. The van der Waals surface area contributed by atoms with Crippen molar-refractivity contribution >= 4 is 53.3 Å². The molecule has 7 atom stereocenters. The quantitative estimate of drug-likeness (QED) is 0.0533. The number of nitrogens with zero attached hydrogens (tertiary/aromatic N) is 1. The third-order valence-corrected chi connectivity index (χ3v) is 9.93. The highest BCUT2D eigenvalue weighted by Gasteiger charge is 2.39. The van der Waals surface area contributed by atoms with Crippen molar-refractivity contribution in [2.24, 2.45) is 17.4 Å². The van der Waals surface area contributed by atoms with E-state index in [0.29, 0.717) is 17.5 Å². The third-order valence-electron chi connectivity index (χ3n) is 9.93. The first kappa shape index (κ1) is 49.8. The largest absolute Gasteiger partial charge is 0.508 e. The molecular formula is C41H56N8O13. The minimum absolute atomic E-state index is 0.0280. The molecular weight excluding hydrogens is 812 g/mol. The van der Waals surface area contributed by atoms with Gasteiger partial charge in [0, 0.05) is 25.8 Å². The summed E-state index contributed by atoms with van der Waals surface area (Å²) in [5.41, 5.74) is 11.9. The van der Waals surface area contributed by atoms with Crippen molar-refractivity contribution in [3.8, 4) is 5.75 Å². The summed E-state index contributed by atoms with van der Waals surface area (Å²) in [4.78, 5) is 118. The van der Waals surface area contributed by atoms with Crippen LogP contribution in [0, 0.1) is 5.92 Å². The number of carboxylic acid groups (broad SMARTS) is 2. The van der Waals surface area contributed by atoms with Crippen LogP contribution in [0.1, 0.15) is 63.5 Å². The molecule has 1 aliphatic rings. The van der Waals surface area contributed by atoms with Gasteiger partial charge in [0.15, 0.2) is 0 Å². The zero-order valence-electron chi connectivity index (χ0n) is 34.5. The van der Waals surface area contributed by atoms with Gasteiger partial charge < -0.3 is 63.4 Å². The SMILES string of the molecule is CC(C)C[C@H](NC(=O)[C@H](CC(=O)O)NC(=O)[C@H](CO)NC(=O)[C@@H](N)CCC(N)=O)C(=O)N[C@@H](Cc1ccc(O)cc1)C(=O)N[C@@H](Cc1ccccc1)C(=O)N1CCC[C@H]1C(=O)O. The van der Waals surface area contributed by atoms with Crippen molar-refractivity contribution in [1.82, 2.24) is 31.5 Å². The number of carboxylic acids is 2. The number of benzene rings is 2. The number of hydrogen-bond acceptors (Lipinski definition) is 12. The predicted octanol–water partition coefficient (Wildman–Crippen LogP) is -2.22. The lowest BCUT2D eigenvalue weighted by molar-refractivity contribution is -0.149. The van der Waals surface area contributed by atoms with Crippen molar-refractivity contribution in [2.45, 2.75) is 108 Å².